The molecule has 118 valence electrons. The first-order valence-corrected chi connectivity index (χ1v) is 9.10. The van der Waals surface area contributed by atoms with E-state index in [1.54, 1.807) is 30.3 Å². The fourth-order valence-electron chi connectivity index (χ4n) is 2.93. The second kappa shape index (κ2) is 5.76. The minimum Gasteiger partial charge on any atom is -0.264 e. The van der Waals surface area contributed by atoms with Gasteiger partial charge in [0.15, 0.2) is 0 Å². The highest BCUT2D eigenvalue weighted by Crippen LogP contribution is 2.32. The molecule has 0 bridgehead atoms. The van der Waals surface area contributed by atoms with Crippen LogP contribution in [0.5, 0.6) is 0 Å². The summed E-state index contributed by atoms with van der Waals surface area (Å²) in [5.74, 6) is 0.560. The van der Waals surface area contributed by atoms with E-state index in [0.717, 1.165) is 24.1 Å². The summed E-state index contributed by atoms with van der Waals surface area (Å²) in [7, 11) is -3.58. The van der Waals surface area contributed by atoms with Crippen LogP contribution in [0.2, 0.25) is 0 Å². The number of anilines is 1. The maximum absolute atomic E-state index is 12.5. The largest absolute Gasteiger partial charge is 0.264 e. The van der Waals surface area contributed by atoms with Gasteiger partial charge in [-0.2, -0.15) is 5.10 Å². The van der Waals surface area contributed by atoms with Crippen LogP contribution in [0.1, 0.15) is 43.0 Å². The third-order valence-corrected chi connectivity index (χ3v) is 5.47. The summed E-state index contributed by atoms with van der Waals surface area (Å²) in [6, 6.07) is 8.94. The van der Waals surface area contributed by atoms with Crippen molar-refractivity contribution < 1.29 is 8.42 Å². The Morgan fingerprint density at radius 1 is 1.14 bits per heavy atom. The molecule has 1 aromatic heterocycles. The van der Waals surface area contributed by atoms with Crippen LogP contribution in [0.4, 0.5) is 5.82 Å². The molecule has 0 spiro atoms. The third-order valence-electron chi connectivity index (χ3n) is 4.10. The summed E-state index contributed by atoms with van der Waals surface area (Å²) in [5, 5.41) is 4.47. The Morgan fingerprint density at radius 2 is 1.77 bits per heavy atom. The van der Waals surface area contributed by atoms with Crippen molar-refractivity contribution in [2.75, 3.05) is 4.72 Å². The molecule has 0 atom stereocenters. The molecular weight excluding hydrogens is 298 g/mol. The molecular formula is C16H21N3O2S. The first-order chi connectivity index (χ1) is 10.5. The summed E-state index contributed by atoms with van der Waals surface area (Å²) in [4.78, 5) is 0.273. The van der Waals surface area contributed by atoms with Crippen LogP contribution in [-0.4, -0.2) is 18.2 Å². The first kappa shape index (κ1) is 15.1. The lowest BCUT2D eigenvalue weighted by atomic mass is 10.2. The van der Waals surface area contributed by atoms with Crippen molar-refractivity contribution in [3.05, 3.63) is 41.6 Å². The zero-order valence-corrected chi connectivity index (χ0v) is 13.7. The summed E-state index contributed by atoms with van der Waals surface area (Å²) in [6.07, 6.45) is 4.46. The van der Waals surface area contributed by atoms with Crippen molar-refractivity contribution in [2.45, 2.75) is 50.5 Å². The number of rotatable bonds is 4. The molecule has 2 aromatic rings. The van der Waals surface area contributed by atoms with Gasteiger partial charge >= 0.3 is 0 Å². The van der Waals surface area contributed by atoms with Crippen molar-refractivity contribution in [2.24, 2.45) is 0 Å². The Labute approximate surface area is 131 Å². The van der Waals surface area contributed by atoms with Gasteiger partial charge in [-0.25, -0.2) is 13.1 Å². The minimum atomic E-state index is -3.58. The van der Waals surface area contributed by atoms with E-state index in [4.69, 9.17) is 0 Å². The fraction of sp³-hybridized carbons (Fsp3) is 0.438. The molecule has 5 nitrogen and oxygen atoms in total. The third kappa shape index (κ3) is 3.02. The summed E-state index contributed by atoms with van der Waals surface area (Å²) in [6.45, 7) is 3.82. The van der Waals surface area contributed by atoms with E-state index in [1.165, 1.54) is 12.8 Å². The lowest BCUT2D eigenvalue weighted by molar-refractivity contribution is 0.471. The Hall–Kier alpha value is -1.82. The molecule has 6 heteroatoms. The van der Waals surface area contributed by atoms with Crippen molar-refractivity contribution in [3.63, 3.8) is 0 Å². The Balaban J connectivity index is 1.90. The van der Waals surface area contributed by atoms with E-state index in [9.17, 15) is 8.42 Å². The molecule has 1 heterocycles. The highest BCUT2D eigenvalue weighted by Gasteiger charge is 2.23. The number of hydrogen-bond donors (Lipinski definition) is 1. The van der Waals surface area contributed by atoms with Gasteiger partial charge in [0, 0.05) is 6.07 Å². The van der Waals surface area contributed by atoms with Crippen LogP contribution in [-0.2, 0) is 10.0 Å². The lowest BCUT2D eigenvalue weighted by Crippen LogP contribution is -2.18. The highest BCUT2D eigenvalue weighted by molar-refractivity contribution is 7.92. The predicted molar refractivity (Wildman–Crippen MR) is 86.5 cm³/mol. The maximum atomic E-state index is 12.5. The smallest absolute Gasteiger partial charge is 0.263 e. The van der Waals surface area contributed by atoms with Gasteiger partial charge in [-0.3, -0.25) is 4.72 Å². The molecule has 1 N–H and O–H groups in total. The minimum absolute atomic E-state index is 0.273. The second-order valence-corrected chi connectivity index (χ2v) is 7.65. The monoisotopic (exact) mass is 319 g/mol. The molecule has 1 fully saturated rings. The average molecular weight is 319 g/mol. The van der Waals surface area contributed by atoms with E-state index in [2.05, 4.69) is 9.82 Å². The molecule has 0 amide bonds. The number of benzene rings is 1. The van der Waals surface area contributed by atoms with E-state index < -0.39 is 10.0 Å². The van der Waals surface area contributed by atoms with Gasteiger partial charge in [-0.05, 0) is 38.8 Å². The van der Waals surface area contributed by atoms with Gasteiger partial charge in [-0.15, -0.1) is 0 Å². The SMILES string of the molecule is Cc1ccc(S(=O)(=O)Nc2cc(C)nn2C2CCCC2)cc1. The van der Waals surface area contributed by atoms with Crippen molar-refractivity contribution in [3.8, 4) is 0 Å². The molecule has 1 saturated carbocycles. The van der Waals surface area contributed by atoms with Crippen LogP contribution < -0.4 is 4.72 Å². The van der Waals surface area contributed by atoms with Crippen LogP contribution in [0, 0.1) is 13.8 Å². The number of hydrogen-bond acceptors (Lipinski definition) is 3. The van der Waals surface area contributed by atoms with Crippen LogP contribution in [0.25, 0.3) is 0 Å². The Kier molecular flexibility index (Phi) is 3.95. The summed E-state index contributed by atoms with van der Waals surface area (Å²) >= 11 is 0. The molecule has 0 aliphatic heterocycles. The first-order valence-electron chi connectivity index (χ1n) is 7.61. The topological polar surface area (TPSA) is 64.0 Å². The van der Waals surface area contributed by atoms with Gasteiger partial charge in [0.2, 0.25) is 0 Å². The molecule has 1 aromatic carbocycles. The van der Waals surface area contributed by atoms with Crippen LogP contribution in [0.3, 0.4) is 0 Å². The predicted octanol–water partition coefficient (Wildman–Crippen LogP) is 3.42. The molecule has 0 radical (unpaired) electrons. The quantitative estimate of drug-likeness (QED) is 0.939. The average Bonchev–Trinajstić information content (AvgIpc) is 3.08. The number of aromatic nitrogens is 2. The Bertz CT molecular complexity index is 757. The summed E-state index contributed by atoms with van der Waals surface area (Å²) < 4.78 is 29.6. The summed E-state index contributed by atoms with van der Waals surface area (Å²) in [5.41, 5.74) is 1.86. The van der Waals surface area contributed by atoms with Crippen LogP contribution >= 0.6 is 0 Å². The molecule has 22 heavy (non-hydrogen) atoms. The van der Waals surface area contributed by atoms with Crippen molar-refractivity contribution in [1.29, 1.82) is 0 Å². The van der Waals surface area contributed by atoms with Crippen molar-refractivity contribution >= 4 is 15.8 Å². The van der Waals surface area contributed by atoms with Gasteiger partial charge in [0.25, 0.3) is 10.0 Å². The number of sulfonamides is 1. The standard InChI is InChI=1S/C16H21N3O2S/c1-12-7-9-15(10-8-12)22(20,21)18-16-11-13(2)17-19(16)14-5-3-4-6-14/h7-11,14,18H,3-6H2,1-2H3. The number of nitrogens with one attached hydrogen (secondary N) is 1. The second-order valence-electron chi connectivity index (χ2n) is 5.97. The molecule has 1 aliphatic rings. The van der Waals surface area contributed by atoms with E-state index in [-0.39, 0.29) is 4.90 Å². The van der Waals surface area contributed by atoms with E-state index >= 15 is 0 Å². The molecule has 3 rings (SSSR count). The Morgan fingerprint density at radius 3 is 2.41 bits per heavy atom. The van der Waals surface area contributed by atoms with E-state index in [1.807, 2.05) is 18.5 Å². The molecule has 1 aliphatic carbocycles. The van der Waals surface area contributed by atoms with E-state index in [0.29, 0.717) is 11.9 Å². The molecule has 0 saturated heterocycles. The number of nitrogens with zero attached hydrogens (tertiary/aromatic N) is 2. The maximum Gasteiger partial charge on any atom is 0.263 e. The van der Waals surface area contributed by atoms with Gasteiger partial charge in [0.05, 0.1) is 16.6 Å². The van der Waals surface area contributed by atoms with Gasteiger partial charge in [0.1, 0.15) is 5.82 Å². The fourth-order valence-corrected chi connectivity index (χ4v) is 3.97. The van der Waals surface area contributed by atoms with Crippen LogP contribution in [0.15, 0.2) is 35.2 Å². The zero-order valence-electron chi connectivity index (χ0n) is 12.9. The normalized spacial score (nSPS) is 16.1. The number of aryl methyl sites for hydroxylation is 2. The van der Waals surface area contributed by atoms with Gasteiger partial charge < -0.3 is 0 Å². The van der Waals surface area contributed by atoms with Crippen molar-refractivity contribution in [1.82, 2.24) is 9.78 Å². The zero-order chi connectivity index (χ0) is 15.7. The lowest BCUT2D eigenvalue weighted by Gasteiger charge is -2.15. The molecule has 0 unspecified atom stereocenters. The highest BCUT2D eigenvalue weighted by atomic mass is 32.2. The van der Waals surface area contributed by atoms with Gasteiger partial charge in [-0.1, -0.05) is 30.5 Å².